The molecule has 0 saturated heterocycles. The van der Waals surface area contributed by atoms with E-state index in [1.807, 2.05) is 60.8 Å². The third-order valence-corrected chi connectivity index (χ3v) is 7.04. The van der Waals surface area contributed by atoms with Crippen LogP contribution >= 0.6 is 23.1 Å². The second-order valence-electron chi connectivity index (χ2n) is 6.68. The quantitative estimate of drug-likeness (QED) is 0.372. The summed E-state index contributed by atoms with van der Waals surface area (Å²) in [6.07, 6.45) is 1.81. The fraction of sp³-hybridized carbons (Fsp3) is 0.0870. The number of pyridine rings is 1. The van der Waals surface area contributed by atoms with Gasteiger partial charge >= 0.3 is 0 Å². The highest BCUT2D eigenvalue weighted by Gasteiger charge is 2.11. The average molecular weight is 432 g/mol. The molecule has 3 heterocycles. The highest BCUT2D eigenvalue weighted by molar-refractivity contribution is 7.98. The molecule has 3 aromatic heterocycles. The van der Waals surface area contributed by atoms with Gasteiger partial charge in [-0.15, -0.1) is 23.1 Å². The molecule has 0 radical (unpaired) electrons. The Morgan fingerprint density at radius 1 is 1.07 bits per heavy atom. The standard InChI is InChI=1S/C23H17N3O2S2/c1-28-15-8-6-14(7-9-15)20-12-18-22(30-20)23(27)26-21(25-18)13-29-19-10-11-24-17-5-3-2-4-16(17)19/h2-12H,13H2,1H3,(H,25,26,27). The summed E-state index contributed by atoms with van der Waals surface area (Å²) in [5.41, 5.74) is 2.63. The van der Waals surface area contributed by atoms with Crippen LogP contribution in [0.5, 0.6) is 5.75 Å². The molecule has 0 saturated carbocycles. The summed E-state index contributed by atoms with van der Waals surface area (Å²) >= 11 is 3.10. The number of para-hydroxylation sites is 1. The zero-order valence-electron chi connectivity index (χ0n) is 16.1. The van der Waals surface area contributed by atoms with Crippen molar-refractivity contribution in [3.63, 3.8) is 0 Å². The van der Waals surface area contributed by atoms with Crippen LogP contribution in [0.25, 0.3) is 31.6 Å². The summed E-state index contributed by atoms with van der Waals surface area (Å²) in [7, 11) is 1.65. The van der Waals surface area contributed by atoms with Gasteiger partial charge in [-0.1, -0.05) is 18.2 Å². The van der Waals surface area contributed by atoms with Gasteiger partial charge in [-0.05, 0) is 48.0 Å². The number of hydrogen-bond donors (Lipinski definition) is 1. The van der Waals surface area contributed by atoms with E-state index in [1.54, 1.807) is 18.9 Å². The fourth-order valence-corrected chi connectivity index (χ4v) is 5.21. The third kappa shape index (κ3) is 3.58. The normalized spacial score (nSPS) is 11.2. The summed E-state index contributed by atoms with van der Waals surface area (Å²) < 4.78 is 5.86. The number of H-pyrrole nitrogens is 1. The molecule has 5 nitrogen and oxygen atoms in total. The van der Waals surface area contributed by atoms with Gasteiger partial charge in [0.05, 0.1) is 23.9 Å². The number of hydrogen-bond acceptors (Lipinski definition) is 6. The number of nitrogens with one attached hydrogen (secondary N) is 1. The molecule has 0 unspecified atom stereocenters. The van der Waals surface area contributed by atoms with Crippen LogP contribution in [0, 0.1) is 0 Å². The number of ether oxygens (including phenoxy) is 1. The first-order valence-corrected chi connectivity index (χ1v) is 11.2. The first-order chi connectivity index (χ1) is 14.7. The molecule has 2 aromatic carbocycles. The van der Waals surface area contributed by atoms with Crippen molar-refractivity contribution >= 4 is 44.2 Å². The van der Waals surface area contributed by atoms with Crippen LogP contribution in [-0.4, -0.2) is 22.1 Å². The van der Waals surface area contributed by atoms with Gasteiger partial charge < -0.3 is 9.72 Å². The minimum Gasteiger partial charge on any atom is -0.497 e. The fourth-order valence-electron chi connectivity index (χ4n) is 3.30. The number of benzene rings is 2. The Balaban J connectivity index is 1.44. The Morgan fingerprint density at radius 2 is 1.90 bits per heavy atom. The molecular weight excluding hydrogens is 414 g/mol. The van der Waals surface area contributed by atoms with Gasteiger partial charge in [0.2, 0.25) is 0 Å². The first-order valence-electron chi connectivity index (χ1n) is 9.35. The maximum Gasteiger partial charge on any atom is 0.268 e. The molecule has 0 aliphatic heterocycles. The van der Waals surface area contributed by atoms with Gasteiger partial charge in [0.15, 0.2) is 0 Å². The highest BCUT2D eigenvalue weighted by Crippen LogP contribution is 2.33. The number of aromatic nitrogens is 3. The van der Waals surface area contributed by atoms with E-state index in [4.69, 9.17) is 9.72 Å². The number of aromatic amines is 1. The zero-order chi connectivity index (χ0) is 20.5. The van der Waals surface area contributed by atoms with Crippen LogP contribution in [0.2, 0.25) is 0 Å². The lowest BCUT2D eigenvalue weighted by Crippen LogP contribution is -2.09. The Kier molecular flexibility index (Phi) is 4.98. The predicted octanol–water partition coefficient (Wildman–Crippen LogP) is 5.50. The van der Waals surface area contributed by atoms with Crippen molar-refractivity contribution in [1.82, 2.24) is 15.0 Å². The smallest absolute Gasteiger partial charge is 0.268 e. The van der Waals surface area contributed by atoms with E-state index in [0.717, 1.165) is 37.5 Å². The second-order valence-corrected chi connectivity index (χ2v) is 8.75. The van der Waals surface area contributed by atoms with Crippen molar-refractivity contribution in [2.75, 3.05) is 7.11 Å². The van der Waals surface area contributed by atoms with E-state index in [0.29, 0.717) is 16.3 Å². The number of thiophene rings is 1. The van der Waals surface area contributed by atoms with Crippen LogP contribution in [0.15, 0.2) is 76.6 Å². The van der Waals surface area contributed by atoms with Crippen molar-refractivity contribution in [3.8, 4) is 16.2 Å². The number of methoxy groups -OCH3 is 1. The van der Waals surface area contributed by atoms with Gasteiger partial charge in [-0.25, -0.2) is 4.98 Å². The van der Waals surface area contributed by atoms with E-state index in [-0.39, 0.29) is 5.56 Å². The van der Waals surface area contributed by atoms with Crippen molar-refractivity contribution in [2.45, 2.75) is 10.6 Å². The minimum absolute atomic E-state index is 0.0973. The van der Waals surface area contributed by atoms with E-state index in [9.17, 15) is 4.79 Å². The van der Waals surface area contributed by atoms with Crippen LogP contribution in [0.4, 0.5) is 0 Å². The molecule has 0 bridgehead atoms. The second kappa shape index (κ2) is 7.93. The lowest BCUT2D eigenvalue weighted by atomic mass is 10.2. The van der Waals surface area contributed by atoms with Crippen LogP contribution in [-0.2, 0) is 5.75 Å². The minimum atomic E-state index is -0.0973. The van der Waals surface area contributed by atoms with Crippen molar-refractivity contribution in [3.05, 3.63) is 83.0 Å². The molecule has 7 heteroatoms. The zero-order valence-corrected chi connectivity index (χ0v) is 17.7. The van der Waals surface area contributed by atoms with Gasteiger partial charge in [0.25, 0.3) is 5.56 Å². The summed E-state index contributed by atoms with van der Waals surface area (Å²) in [4.78, 5) is 26.8. The molecule has 148 valence electrons. The molecule has 1 N–H and O–H groups in total. The lowest BCUT2D eigenvalue weighted by Gasteiger charge is -2.05. The number of rotatable bonds is 5. The van der Waals surface area contributed by atoms with E-state index in [2.05, 4.69) is 16.0 Å². The summed E-state index contributed by atoms with van der Waals surface area (Å²) in [5.74, 6) is 2.05. The number of thioether (sulfide) groups is 1. The molecule has 0 aliphatic carbocycles. The highest BCUT2D eigenvalue weighted by atomic mass is 32.2. The van der Waals surface area contributed by atoms with E-state index in [1.165, 1.54) is 11.3 Å². The Bertz CT molecular complexity index is 1400. The maximum absolute atomic E-state index is 12.6. The topological polar surface area (TPSA) is 67.9 Å². The van der Waals surface area contributed by atoms with Crippen molar-refractivity contribution < 1.29 is 4.74 Å². The molecule has 0 spiro atoms. The third-order valence-electron chi connectivity index (χ3n) is 4.78. The molecule has 30 heavy (non-hydrogen) atoms. The first kappa shape index (κ1) is 18.8. The molecule has 0 aliphatic rings. The predicted molar refractivity (Wildman–Crippen MR) is 124 cm³/mol. The molecular formula is C23H17N3O2S2. The van der Waals surface area contributed by atoms with Crippen molar-refractivity contribution in [1.29, 1.82) is 0 Å². The summed E-state index contributed by atoms with van der Waals surface area (Å²) in [6, 6.07) is 19.8. The Labute approximate surface area is 180 Å². The molecule has 0 atom stereocenters. The van der Waals surface area contributed by atoms with Gasteiger partial charge in [-0.3, -0.25) is 9.78 Å². The molecule has 0 fully saturated rings. The van der Waals surface area contributed by atoms with Crippen molar-refractivity contribution in [2.24, 2.45) is 0 Å². The SMILES string of the molecule is COc1ccc(-c2cc3nc(CSc4ccnc5ccccc45)[nH]c(=O)c3s2)cc1. The van der Waals surface area contributed by atoms with Gasteiger partial charge in [0, 0.05) is 21.4 Å². The molecule has 5 aromatic rings. The van der Waals surface area contributed by atoms with Crippen LogP contribution in [0.3, 0.4) is 0 Å². The number of fused-ring (bicyclic) bond motifs is 2. The van der Waals surface area contributed by atoms with Crippen LogP contribution < -0.4 is 10.3 Å². The van der Waals surface area contributed by atoms with E-state index < -0.39 is 0 Å². The van der Waals surface area contributed by atoms with Crippen LogP contribution in [0.1, 0.15) is 5.82 Å². The Hall–Kier alpha value is -3.16. The molecule has 0 amide bonds. The average Bonchev–Trinajstić information content (AvgIpc) is 3.22. The lowest BCUT2D eigenvalue weighted by molar-refractivity contribution is 0.415. The van der Waals surface area contributed by atoms with Gasteiger partial charge in [0.1, 0.15) is 16.3 Å². The maximum atomic E-state index is 12.6. The monoisotopic (exact) mass is 431 g/mol. The summed E-state index contributed by atoms with van der Waals surface area (Å²) in [5, 5.41) is 1.10. The summed E-state index contributed by atoms with van der Waals surface area (Å²) in [6.45, 7) is 0. The largest absolute Gasteiger partial charge is 0.497 e. The van der Waals surface area contributed by atoms with Gasteiger partial charge in [-0.2, -0.15) is 0 Å². The molecule has 5 rings (SSSR count). The van der Waals surface area contributed by atoms with E-state index >= 15 is 0 Å². The number of nitrogens with zero attached hydrogens (tertiary/aromatic N) is 2. The Morgan fingerprint density at radius 3 is 2.73 bits per heavy atom.